The van der Waals surface area contributed by atoms with Crippen molar-refractivity contribution in [3.05, 3.63) is 58.2 Å². The van der Waals surface area contributed by atoms with Crippen molar-refractivity contribution in [3.8, 4) is 11.1 Å². The molecule has 0 saturated heterocycles. The summed E-state index contributed by atoms with van der Waals surface area (Å²) >= 11 is 14.5. The third-order valence-electron chi connectivity index (χ3n) is 4.52. The number of rotatable bonds is 8. The molecule has 3 aromatic rings. The molecule has 3 nitrogen and oxygen atoms in total. The molecule has 150 valence electrons. The van der Waals surface area contributed by atoms with E-state index in [2.05, 4.69) is 51.8 Å². The van der Waals surface area contributed by atoms with Crippen LogP contribution in [0.2, 0.25) is 10.0 Å². The highest BCUT2D eigenvalue weighted by molar-refractivity contribution is 7.95. The van der Waals surface area contributed by atoms with Gasteiger partial charge in [-0.25, -0.2) is 4.31 Å². The van der Waals surface area contributed by atoms with Gasteiger partial charge in [-0.3, -0.25) is 4.72 Å². The van der Waals surface area contributed by atoms with E-state index in [-0.39, 0.29) is 0 Å². The molecular formula is C22H27Cl2N3S. The minimum absolute atomic E-state index is 0.568. The molecule has 1 heterocycles. The number of halogens is 2. The van der Waals surface area contributed by atoms with Crippen LogP contribution in [-0.4, -0.2) is 29.5 Å². The van der Waals surface area contributed by atoms with E-state index in [9.17, 15) is 0 Å². The molecular weight excluding hydrogens is 409 g/mol. The van der Waals surface area contributed by atoms with Crippen LogP contribution in [0.4, 0.5) is 0 Å². The Bertz CT molecular complexity index is 930. The molecule has 2 aromatic carbocycles. The summed E-state index contributed by atoms with van der Waals surface area (Å²) in [4.78, 5) is 0. The molecule has 0 aliphatic heterocycles. The van der Waals surface area contributed by atoms with Gasteiger partial charge in [0.15, 0.2) is 0 Å². The Morgan fingerprint density at radius 1 is 1.11 bits per heavy atom. The van der Waals surface area contributed by atoms with Crippen molar-refractivity contribution in [1.82, 2.24) is 13.6 Å². The van der Waals surface area contributed by atoms with E-state index in [1.165, 1.54) is 16.5 Å². The molecule has 3 rings (SSSR count). The lowest BCUT2D eigenvalue weighted by molar-refractivity contribution is 0.534. The van der Waals surface area contributed by atoms with Gasteiger partial charge in [-0.2, -0.15) is 0 Å². The third-order valence-corrected chi connectivity index (χ3v) is 5.85. The van der Waals surface area contributed by atoms with Gasteiger partial charge in [0.25, 0.3) is 0 Å². The predicted molar refractivity (Wildman–Crippen MR) is 125 cm³/mol. The van der Waals surface area contributed by atoms with E-state index in [1.807, 2.05) is 32.3 Å². The van der Waals surface area contributed by atoms with Crippen LogP contribution in [0.5, 0.6) is 0 Å². The van der Waals surface area contributed by atoms with Crippen LogP contribution < -0.4 is 4.72 Å². The SMILES string of the molecule is CC(C)Cn1cc(CCNSN(C)C)c2ccc(-c3c(Cl)cccc3Cl)cc21. The fraction of sp³-hybridized carbons (Fsp3) is 0.364. The first-order valence-corrected chi connectivity index (χ1v) is 11.0. The number of fused-ring (bicyclic) bond motifs is 1. The van der Waals surface area contributed by atoms with E-state index in [0.717, 1.165) is 30.6 Å². The summed E-state index contributed by atoms with van der Waals surface area (Å²) in [6.45, 7) is 6.39. The topological polar surface area (TPSA) is 20.2 Å². The van der Waals surface area contributed by atoms with Gasteiger partial charge in [0.05, 0.1) is 0 Å². The molecule has 1 aromatic heterocycles. The maximum absolute atomic E-state index is 6.45. The highest BCUT2D eigenvalue weighted by Gasteiger charge is 2.14. The fourth-order valence-electron chi connectivity index (χ4n) is 3.40. The number of nitrogens with one attached hydrogen (secondary N) is 1. The van der Waals surface area contributed by atoms with E-state index in [4.69, 9.17) is 23.2 Å². The first-order chi connectivity index (χ1) is 13.4. The standard InChI is InChI=1S/C22H27Cl2N3S/c1-15(2)13-27-14-17(10-11-25-28-26(3)4)18-9-8-16(12-21(18)27)22-19(23)6-5-7-20(22)24/h5-9,12,14-15,25H,10-11,13H2,1-4H3. The molecule has 0 aliphatic rings. The number of aromatic nitrogens is 1. The van der Waals surface area contributed by atoms with Crippen LogP contribution >= 0.6 is 35.3 Å². The van der Waals surface area contributed by atoms with E-state index in [1.54, 1.807) is 12.1 Å². The molecule has 0 unspecified atom stereocenters. The van der Waals surface area contributed by atoms with Crippen molar-refractivity contribution in [2.24, 2.45) is 5.92 Å². The van der Waals surface area contributed by atoms with Crippen LogP contribution in [0.15, 0.2) is 42.6 Å². The number of benzene rings is 2. The molecule has 0 aliphatic carbocycles. The normalized spacial score (nSPS) is 11.9. The molecule has 0 bridgehead atoms. The highest BCUT2D eigenvalue weighted by atomic mass is 35.5. The Hall–Kier alpha value is -1.17. The number of hydrogen-bond acceptors (Lipinski definition) is 3. The maximum Gasteiger partial charge on any atom is 0.0499 e. The van der Waals surface area contributed by atoms with Crippen molar-refractivity contribution in [2.45, 2.75) is 26.8 Å². The van der Waals surface area contributed by atoms with Crippen LogP contribution in [0, 0.1) is 5.92 Å². The van der Waals surface area contributed by atoms with E-state index < -0.39 is 0 Å². The van der Waals surface area contributed by atoms with Crippen molar-refractivity contribution < 1.29 is 0 Å². The average Bonchev–Trinajstić information content (AvgIpc) is 2.95. The highest BCUT2D eigenvalue weighted by Crippen LogP contribution is 2.37. The molecule has 1 N–H and O–H groups in total. The van der Waals surface area contributed by atoms with Gasteiger partial charge in [-0.1, -0.05) is 55.2 Å². The minimum atomic E-state index is 0.568. The first-order valence-electron chi connectivity index (χ1n) is 9.50. The van der Waals surface area contributed by atoms with Gasteiger partial charge in [0.2, 0.25) is 0 Å². The Kier molecular flexibility index (Phi) is 7.35. The zero-order valence-corrected chi connectivity index (χ0v) is 19.1. The largest absolute Gasteiger partial charge is 0.347 e. The van der Waals surface area contributed by atoms with Crippen molar-refractivity contribution in [2.75, 3.05) is 20.6 Å². The van der Waals surface area contributed by atoms with E-state index >= 15 is 0 Å². The van der Waals surface area contributed by atoms with Gasteiger partial charge in [0.1, 0.15) is 0 Å². The summed E-state index contributed by atoms with van der Waals surface area (Å²) in [5.41, 5.74) is 4.55. The number of nitrogens with zero attached hydrogens (tertiary/aromatic N) is 2. The minimum Gasteiger partial charge on any atom is -0.347 e. The molecule has 0 fully saturated rings. The summed E-state index contributed by atoms with van der Waals surface area (Å²) in [6, 6.07) is 12.2. The summed E-state index contributed by atoms with van der Waals surface area (Å²) in [6.07, 6.45) is 3.28. The second kappa shape index (κ2) is 9.55. The van der Waals surface area contributed by atoms with E-state index in [0.29, 0.717) is 16.0 Å². The maximum atomic E-state index is 6.45. The van der Waals surface area contributed by atoms with Crippen LogP contribution in [0.1, 0.15) is 19.4 Å². The fourth-order valence-corrected chi connectivity index (χ4v) is 4.47. The molecule has 0 spiro atoms. The third kappa shape index (κ3) is 5.05. The summed E-state index contributed by atoms with van der Waals surface area (Å²) in [5, 5.41) is 2.65. The summed E-state index contributed by atoms with van der Waals surface area (Å²) < 4.78 is 7.82. The van der Waals surface area contributed by atoms with Gasteiger partial charge in [0, 0.05) is 57.9 Å². The zero-order chi connectivity index (χ0) is 20.3. The lowest BCUT2D eigenvalue weighted by Crippen LogP contribution is -2.15. The number of hydrogen-bond donors (Lipinski definition) is 1. The van der Waals surface area contributed by atoms with Gasteiger partial charge in [-0.05, 0) is 55.8 Å². The lowest BCUT2D eigenvalue weighted by atomic mass is 10.0. The van der Waals surface area contributed by atoms with Gasteiger partial charge in [-0.15, -0.1) is 0 Å². The van der Waals surface area contributed by atoms with Gasteiger partial charge < -0.3 is 4.57 Å². The van der Waals surface area contributed by atoms with Crippen LogP contribution in [0.25, 0.3) is 22.0 Å². The Labute approximate surface area is 182 Å². The summed E-state index contributed by atoms with van der Waals surface area (Å²) in [7, 11) is 4.07. The van der Waals surface area contributed by atoms with Gasteiger partial charge >= 0.3 is 0 Å². The molecule has 0 saturated carbocycles. The monoisotopic (exact) mass is 435 g/mol. The van der Waals surface area contributed by atoms with Crippen molar-refractivity contribution in [1.29, 1.82) is 0 Å². The Morgan fingerprint density at radius 2 is 1.82 bits per heavy atom. The molecule has 6 heteroatoms. The Morgan fingerprint density at radius 3 is 2.46 bits per heavy atom. The Balaban J connectivity index is 1.99. The quantitative estimate of drug-likeness (QED) is 0.320. The van der Waals surface area contributed by atoms with Crippen molar-refractivity contribution >= 4 is 46.2 Å². The molecule has 0 atom stereocenters. The first kappa shape index (κ1) is 21.5. The van der Waals surface area contributed by atoms with Crippen LogP contribution in [0.3, 0.4) is 0 Å². The smallest absolute Gasteiger partial charge is 0.0499 e. The molecule has 28 heavy (non-hydrogen) atoms. The zero-order valence-electron chi connectivity index (χ0n) is 16.8. The van der Waals surface area contributed by atoms with Crippen LogP contribution in [-0.2, 0) is 13.0 Å². The second-order valence-electron chi connectivity index (χ2n) is 7.58. The second-order valence-corrected chi connectivity index (χ2v) is 9.59. The molecule has 0 amide bonds. The lowest BCUT2D eigenvalue weighted by Gasteiger charge is -2.11. The predicted octanol–water partition coefficient (Wildman–Crippen LogP) is 6.53. The van der Waals surface area contributed by atoms with Crippen molar-refractivity contribution in [3.63, 3.8) is 0 Å². The average molecular weight is 436 g/mol. The molecule has 0 radical (unpaired) electrons. The summed E-state index contributed by atoms with van der Waals surface area (Å²) in [5.74, 6) is 0.568.